The fourth-order valence-electron chi connectivity index (χ4n) is 4.06. The van der Waals surface area contributed by atoms with E-state index < -0.39 is 21.8 Å². The first-order chi connectivity index (χ1) is 12.8. The highest BCUT2D eigenvalue weighted by Crippen LogP contribution is 2.32. The van der Waals surface area contributed by atoms with E-state index in [9.17, 15) is 21.6 Å². The molecule has 2 aliphatic rings. The Balaban J connectivity index is 1.82. The summed E-state index contributed by atoms with van der Waals surface area (Å²) in [6.45, 7) is 0.379. The molecule has 0 aromatic heterocycles. The molecular weight excluding hydrogens is 379 g/mol. The van der Waals surface area contributed by atoms with Gasteiger partial charge in [0.1, 0.15) is 0 Å². The number of halogens is 3. The van der Waals surface area contributed by atoms with Crippen molar-refractivity contribution in [2.45, 2.75) is 57.3 Å². The molecule has 0 amide bonds. The smallest absolute Gasteiger partial charge is 0.379 e. The summed E-state index contributed by atoms with van der Waals surface area (Å²) in [7, 11) is -3.58. The summed E-state index contributed by atoms with van der Waals surface area (Å²) in [5.41, 5.74) is -0.406. The summed E-state index contributed by atoms with van der Waals surface area (Å²) >= 11 is 0. The molecule has 0 spiro atoms. The van der Waals surface area contributed by atoms with Crippen LogP contribution in [0.2, 0.25) is 0 Å². The Bertz CT molecular complexity index is 730. The van der Waals surface area contributed by atoms with Gasteiger partial charge in [0.05, 0.1) is 24.5 Å². The van der Waals surface area contributed by atoms with E-state index in [4.69, 9.17) is 4.74 Å². The first-order valence-corrected chi connectivity index (χ1v) is 11.1. The molecule has 1 unspecified atom stereocenters. The molecule has 3 rings (SSSR count). The molecule has 1 aliphatic heterocycles. The van der Waals surface area contributed by atoms with Crippen LogP contribution in [0, 0.1) is 5.92 Å². The molecule has 1 saturated carbocycles. The summed E-state index contributed by atoms with van der Waals surface area (Å²) in [5, 5.41) is 0. The molecule has 1 atom stereocenters. The number of hydrogen-bond acceptors (Lipinski definition) is 3. The lowest BCUT2D eigenvalue weighted by Gasteiger charge is -2.32. The van der Waals surface area contributed by atoms with E-state index in [0.29, 0.717) is 24.5 Å². The molecule has 1 aromatic carbocycles. The minimum atomic E-state index is -4.45. The van der Waals surface area contributed by atoms with Gasteiger partial charge in [0.25, 0.3) is 0 Å². The number of benzene rings is 1. The monoisotopic (exact) mass is 405 g/mol. The van der Waals surface area contributed by atoms with Crippen molar-refractivity contribution >= 4 is 10.0 Å². The normalized spacial score (nSPS) is 25.2. The topological polar surface area (TPSA) is 46.6 Å². The maximum absolute atomic E-state index is 13.0. The first kappa shape index (κ1) is 20.6. The maximum atomic E-state index is 13.0. The number of sulfonamides is 1. The largest absolute Gasteiger partial charge is 0.416 e. The van der Waals surface area contributed by atoms with Crippen LogP contribution in [0.15, 0.2) is 24.3 Å². The summed E-state index contributed by atoms with van der Waals surface area (Å²) in [6, 6.07) is 4.60. The fourth-order valence-corrected chi connectivity index (χ4v) is 5.57. The molecule has 0 radical (unpaired) electrons. The molecule has 0 bridgehead atoms. The van der Waals surface area contributed by atoms with Crippen LogP contribution in [0.1, 0.15) is 49.7 Å². The van der Waals surface area contributed by atoms with Crippen LogP contribution < -0.4 is 0 Å². The minimum absolute atomic E-state index is 0.0486. The lowest BCUT2D eigenvalue weighted by atomic mass is 9.85. The predicted molar refractivity (Wildman–Crippen MR) is 96.6 cm³/mol. The van der Waals surface area contributed by atoms with E-state index in [0.717, 1.165) is 37.8 Å². The second-order valence-electron chi connectivity index (χ2n) is 7.53. The molecule has 4 nitrogen and oxygen atoms in total. The van der Waals surface area contributed by atoms with E-state index in [1.807, 2.05) is 0 Å². The maximum Gasteiger partial charge on any atom is 0.416 e. The molecule has 1 heterocycles. The van der Waals surface area contributed by atoms with Gasteiger partial charge in [0, 0.05) is 12.6 Å². The molecule has 8 heteroatoms. The van der Waals surface area contributed by atoms with Crippen LogP contribution in [-0.4, -0.2) is 37.7 Å². The Labute approximate surface area is 158 Å². The number of rotatable bonds is 4. The van der Waals surface area contributed by atoms with Gasteiger partial charge >= 0.3 is 6.18 Å². The highest BCUT2D eigenvalue weighted by Gasteiger charge is 2.35. The van der Waals surface area contributed by atoms with Gasteiger partial charge in [-0.1, -0.05) is 50.3 Å². The molecule has 1 aliphatic carbocycles. The van der Waals surface area contributed by atoms with Gasteiger partial charge in [0.15, 0.2) is 0 Å². The van der Waals surface area contributed by atoms with Gasteiger partial charge in [-0.25, -0.2) is 8.42 Å². The van der Waals surface area contributed by atoms with Crippen LogP contribution >= 0.6 is 0 Å². The van der Waals surface area contributed by atoms with Crippen molar-refractivity contribution < 1.29 is 26.3 Å². The lowest BCUT2D eigenvalue weighted by Crippen LogP contribution is -2.42. The van der Waals surface area contributed by atoms with Gasteiger partial charge in [-0.15, -0.1) is 0 Å². The van der Waals surface area contributed by atoms with Crippen molar-refractivity contribution in [3.8, 4) is 0 Å². The van der Waals surface area contributed by atoms with E-state index >= 15 is 0 Å². The lowest BCUT2D eigenvalue weighted by molar-refractivity contribution is -0.137. The molecular formula is C19H26F3NO3S. The molecule has 152 valence electrons. The van der Waals surface area contributed by atoms with Crippen LogP contribution in [-0.2, 0) is 27.5 Å². The van der Waals surface area contributed by atoms with E-state index in [1.54, 1.807) is 6.07 Å². The predicted octanol–water partition coefficient (Wildman–Crippen LogP) is 4.21. The van der Waals surface area contributed by atoms with Crippen LogP contribution in [0.5, 0.6) is 0 Å². The van der Waals surface area contributed by atoms with Crippen molar-refractivity contribution in [3.63, 3.8) is 0 Å². The Morgan fingerprint density at radius 3 is 2.59 bits per heavy atom. The Morgan fingerprint density at radius 1 is 1.15 bits per heavy atom. The second-order valence-corrected chi connectivity index (χ2v) is 9.57. The standard InChI is InChI=1S/C19H26F3NO3S/c20-19(21,22)17-8-4-7-16(11-17)13-23-18(12-15-5-2-1-3-6-15)14-26-9-10-27(23,24)25/h4,7-8,11,15,18H,1-3,5-6,9-10,12-14H2. The Morgan fingerprint density at radius 2 is 1.89 bits per heavy atom. The zero-order valence-electron chi connectivity index (χ0n) is 15.2. The third-order valence-corrected chi connectivity index (χ3v) is 7.31. The molecule has 2 fully saturated rings. The van der Waals surface area contributed by atoms with E-state index in [1.165, 1.54) is 16.8 Å². The number of ether oxygens (including phenoxy) is 1. The second kappa shape index (κ2) is 8.49. The van der Waals surface area contributed by atoms with E-state index in [2.05, 4.69) is 0 Å². The van der Waals surface area contributed by atoms with Crippen molar-refractivity contribution in [3.05, 3.63) is 35.4 Å². The van der Waals surface area contributed by atoms with Gasteiger partial charge in [-0.05, 0) is 24.0 Å². The van der Waals surface area contributed by atoms with Gasteiger partial charge in [-0.3, -0.25) is 0 Å². The number of alkyl halides is 3. The third kappa shape index (κ3) is 5.45. The minimum Gasteiger partial charge on any atom is -0.379 e. The molecule has 1 saturated heterocycles. The average molecular weight is 405 g/mol. The van der Waals surface area contributed by atoms with Gasteiger partial charge in [0.2, 0.25) is 10.0 Å². The summed E-state index contributed by atoms with van der Waals surface area (Å²) in [4.78, 5) is 0. The fraction of sp³-hybridized carbons (Fsp3) is 0.684. The SMILES string of the molecule is O=S1(=O)CCOCC(CC2CCCCC2)N1Cc1cccc(C(F)(F)F)c1. The zero-order valence-corrected chi connectivity index (χ0v) is 16.1. The third-order valence-electron chi connectivity index (χ3n) is 5.48. The highest BCUT2D eigenvalue weighted by atomic mass is 32.2. The van der Waals surface area contributed by atoms with Crippen molar-refractivity contribution in [2.24, 2.45) is 5.92 Å². The molecule has 1 aromatic rings. The first-order valence-electron chi connectivity index (χ1n) is 9.49. The highest BCUT2D eigenvalue weighted by molar-refractivity contribution is 7.89. The average Bonchev–Trinajstić information content (AvgIpc) is 2.75. The molecule has 27 heavy (non-hydrogen) atoms. The van der Waals surface area contributed by atoms with Gasteiger partial charge in [-0.2, -0.15) is 17.5 Å². The molecule has 0 N–H and O–H groups in total. The van der Waals surface area contributed by atoms with E-state index in [-0.39, 0.29) is 24.9 Å². The van der Waals surface area contributed by atoms with Crippen LogP contribution in [0.4, 0.5) is 13.2 Å². The van der Waals surface area contributed by atoms with Crippen molar-refractivity contribution in [1.82, 2.24) is 4.31 Å². The summed E-state index contributed by atoms with van der Waals surface area (Å²) in [5.74, 6) is 0.317. The van der Waals surface area contributed by atoms with Crippen molar-refractivity contribution in [2.75, 3.05) is 19.0 Å². The van der Waals surface area contributed by atoms with Crippen LogP contribution in [0.25, 0.3) is 0 Å². The summed E-state index contributed by atoms with van der Waals surface area (Å²) < 4.78 is 71.4. The van der Waals surface area contributed by atoms with Gasteiger partial charge < -0.3 is 4.74 Å². The van der Waals surface area contributed by atoms with Crippen LogP contribution in [0.3, 0.4) is 0 Å². The Hall–Kier alpha value is -1.12. The zero-order chi connectivity index (χ0) is 19.5. The quantitative estimate of drug-likeness (QED) is 0.754. The van der Waals surface area contributed by atoms with Crippen molar-refractivity contribution in [1.29, 1.82) is 0 Å². The number of hydrogen-bond donors (Lipinski definition) is 0. The number of nitrogens with zero attached hydrogens (tertiary/aromatic N) is 1. The summed E-state index contributed by atoms with van der Waals surface area (Å²) in [6.07, 6.45) is 1.93. The Kier molecular flexibility index (Phi) is 6.48.